The molecule has 4 heterocycles. The van der Waals surface area contributed by atoms with E-state index in [1.165, 1.54) is 30.3 Å². The van der Waals surface area contributed by atoms with E-state index in [2.05, 4.69) is 19.6 Å². The fraction of sp³-hybridized carbons (Fsp3) is 0.255. The van der Waals surface area contributed by atoms with Crippen LogP contribution in [0.25, 0.3) is 0 Å². The lowest BCUT2D eigenvalue weighted by atomic mass is 9.93. The maximum Gasteiger partial charge on any atom is 0.259 e. The second-order valence-electron chi connectivity index (χ2n) is 32.6. The summed E-state index contributed by atoms with van der Waals surface area (Å²) >= 11 is 50.8. The minimum absolute atomic E-state index is 0.00669. The molecule has 16 rings (SSSR count). The number of carbonyl (C=O) groups excluding carboxylic acids is 4. The summed E-state index contributed by atoms with van der Waals surface area (Å²) in [5.74, 6) is -2.12. The first-order valence-electron chi connectivity index (χ1n) is 42.0. The molecule has 0 spiro atoms. The Labute approximate surface area is 786 Å². The topological polar surface area (TPSA) is 195 Å². The van der Waals surface area contributed by atoms with Crippen LogP contribution >= 0.6 is 92.8 Å². The van der Waals surface area contributed by atoms with Gasteiger partial charge in [0.1, 0.15) is 11.6 Å². The number of piperazine rings is 4. The highest BCUT2D eigenvalue weighted by atomic mass is 35.5. The number of aromatic hydroxyl groups is 1. The second-order valence-corrected chi connectivity index (χ2v) is 36.0. The molecule has 26 heteroatoms. The number of nitrogens with zero attached hydrogens (tertiary/aromatic N) is 8. The number of benzene rings is 12. The first-order valence-corrected chi connectivity index (χ1v) is 45.0. The Morgan fingerprint density at radius 3 is 0.961 bits per heavy atom. The maximum atomic E-state index is 14.1. The van der Waals surface area contributed by atoms with Crippen molar-refractivity contribution in [1.82, 2.24) is 19.6 Å². The van der Waals surface area contributed by atoms with Crippen LogP contribution in [0.1, 0.15) is 122 Å². The molecule has 5 N–H and O–H groups in total. The monoisotopic (exact) mass is 1880 g/mol. The molecule has 0 aromatic heterocycles. The molecule has 0 saturated carbocycles. The van der Waals surface area contributed by atoms with Gasteiger partial charge in [0, 0.05) is 104 Å². The Morgan fingerprint density at radius 1 is 0.336 bits per heavy atom. The zero-order valence-corrected chi connectivity index (χ0v) is 77.4. The van der Waals surface area contributed by atoms with Crippen molar-refractivity contribution in [2.45, 2.75) is 89.6 Å². The maximum absolute atomic E-state index is 14.1. The van der Waals surface area contributed by atoms with E-state index in [0.717, 1.165) is 72.8 Å². The summed E-state index contributed by atoms with van der Waals surface area (Å²) in [4.78, 5) is 68.4. The predicted molar refractivity (Wildman–Crippen MR) is 514 cm³/mol. The van der Waals surface area contributed by atoms with Crippen molar-refractivity contribution >= 4 is 139 Å². The number of hydrogen-bond acceptors (Lipinski definition) is 13. The van der Waals surface area contributed by atoms with Gasteiger partial charge in [-0.3, -0.25) is 19.2 Å². The molecule has 17 nitrogen and oxygen atoms in total. The molecule has 664 valence electrons. The minimum Gasteiger partial charge on any atom is -0.508 e. The minimum atomic E-state index is -1.60. The molecule has 4 amide bonds. The normalized spacial score (nSPS) is 17.6. The largest absolute Gasteiger partial charge is 0.508 e. The fourth-order valence-electron chi connectivity index (χ4n) is 16.7. The van der Waals surface area contributed by atoms with E-state index in [4.69, 9.17) is 92.8 Å². The molecule has 12 aromatic carbocycles. The van der Waals surface area contributed by atoms with E-state index < -0.39 is 41.5 Å². The number of phenols is 1. The van der Waals surface area contributed by atoms with Crippen LogP contribution in [0.4, 0.5) is 27.1 Å². The summed E-state index contributed by atoms with van der Waals surface area (Å²) in [6, 6.07) is 82.0. The number of hydrogen-bond donors (Lipinski definition) is 5. The average molecular weight is 1880 g/mol. The van der Waals surface area contributed by atoms with Gasteiger partial charge in [-0.15, -0.1) is 0 Å². The molecule has 4 fully saturated rings. The van der Waals surface area contributed by atoms with Crippen molar-refractivity contribution in [3.05, 3.63) is 391 Å². The Balaban J connectivity index is 0.000000146. The first-order chi connectivity index (χ1) is 61.3. The van der Waals surface area contributed by atoms with Gasteiger partial charge in [0.15, 0.2) is 23.9 Å². The quantitative estimate of drug-likeness (QED) is 0.0614. The summed E-state index contributed by atoms with van der Waals surface area (Å²) in [6.07, 6.45) is -4.09. The molecule has 0 bridgehead atoms. The van der Waals surface area contributed by atoms with Crippen molar-refractivity contribution in [3.8, 4) is 5.75 Å². The number of carbonyl (C=O) groups is 4. The van der Waals surface area contributed by atoms with Crippen molar-refractivity contribution in [3.63, 3.8) is 0 Å². The highest BCUT2D eigenvalue weighted by Gasteiger charge is 2.43. The SMILES string of the molecule is Cc1ccc(N2CCN(C(=O)C(O)c3cccc(O)c3)C[C@H]2c2ccc(Cl)cc2)c(Cl)c1.Cc1ccc(N2CCN(C(=O)C(O)c3ccccc3F)C[C@H]2c2ccc(Cl)cc2)c(Cl)c1.Cc1ccc(N2CCN(C(=O)[C@@](C)(O)c3ccccc3)C[C@H]2c2ccc(Cl)cc2)c(Cl)c1.Cc1cccc(C(O)C(=O)N2CCN(c3ccc(C)cc3Cl)[C@H](c3ccc(Cl)cc3)C2)c1. The molecule has 4 aliphatic rings. The molecule has 4 aliphatic heterocycles. The van der Waals surface area contributed by atoms with E-state index in [9.17, 15) is 49.1 Å². The number of aliphatic hydroxyl groups is 4. The van der Waals surface area contributed by atoms with E-state index >= 15 is 0 Å². The van der Waals surface area contributed by atoms with Crippen LogP contribution in [0.15, 0.2) is 273 Å². The molecule has 12 aromatic rings. The van der Waals surface area contributed by atoms with Crippen LogP contribution in [0.5, 0.6) is 5.75 Å². The van der Waals surface area contributed by atoms with Gasteiger partial charge in [0.05, 0.1) is 67.0 Å². The molecule has 0 radical (unpaired) electrons. The number of phenolic OH excluding ortho intramolecular Hbond substituents is 1. The lowest BCUT2D eigenvalue weighted by Crippen LogP contribution is -2.55. The fourth-order valence-corrected chi connectivity index (χ4v) is 18.6. The van der Waals surface area contributed by atoms with Gasteiger partial charge in [-0.1, -0.05) is 256 Å². The molecular weight excluding hydrogens is 1780 g/mol. The van der Waals surface area contributed by atoms with E-state index in [0.29, 0.717) is 135 Å². The van der Waals surface area contributed by atoms with Gasteiger partial charge < -0.3 is 64.7 Å². The zero-order valence-electron chi connectivity index (χ0n) is 71.4. The number of aliphatic hydroxyl groups excluding tert-OH is 3. The number of halogens is 9. The number of anilines is 4. The third kappa shape index (κ3) is 23.1. The van der Waals surface area contributed by atoms with Gasteiger partial charge >= 0.3 is 0 Å². The van der Waals surface area contributed by atoms with Crippen LogP contribution in [-0.4, -0.2) is 147 Å². The smallest absolute Gasteiger partial charge is 0.259 e. The Hall–Kier alpha value is -10.4. The van der Waals surface area contributed by atoms with Crippen LogP contribution in [0.3, 0.4) is 0 Å². The summed E-state index contributed by atoms with van der Waals surface area (Å²) in [5, 5.41) is 58.1. The average Bonchev–Trinajstić information content (AvgIpc) is 0.815. The van der Waals surface area contributed by atoms with Crippen molar-refractivity contribution in [2.24, 2.45) is 0 Å². The molecule has 3 unspecified atom stereocenters. The van der Waals surface area contributed by atoms with E-state index in [-0.39, 0.29) is 47.3 Å². The van der Waals surface area contributed by atoms with Crippen LogP contribution in [0, 0.1) is 40.4 Å². The first kappa shape index (κ1) is 95.2. The molecule has 8 atom stereocenters. The summed E-state index contributed by atoms with van der Waals surface area (Å²) in [5.41, 5.74) is 12.9. The summed E-state index contributed by atoms with van der Waals surface area (Å²) in [6.45, 7) is 17.1. The van der Waals surface area contributed by atoms with Gasteiger partial charge in [0.25, 0.3) is 23.6 Å². The Morgan fingerprint density at radius 2 is 0.633 bits per heavy atom. The van der Waals surface area contributed by atoms with Crippen molar-refractivity contribution in [1.29, 1.82) is 0 Å². The van der Waals surface area contributed by atoms with E-state index in [1.54, 1.807) is 75.1 Å². The standard InChI is InChI=1S/2C26H26Cl2N2O2.C25H23Cl2FN2O2.C25H24Cl2N2O3/c1-17-4-3-5-20(14-17)25(31)26(32)29-12-13-30(23-11-6-18(2)15-22(23)28)24(16-29)19-7-9-21(27)10-8-19;1-18-8-13-23(22(28)16-18)30-15-14-29(17-24(30)19-9-11-21(27)12-10-19)25(31)26(2,32)20-6-4-3-5-7-20;1-16-6-11-22(20(27)14-16)30-13-12-29(15-23(30)17-7-9-18(26)10-8-17)25(32)24(31)19-4-2-3-5-21(19)28;1-16-5-10-22(21(27)13-16)29-12-11-28(15-23(29)17-6-8-19(26)9-7-17)25(32)24(31)18-3-2-4-20(30)14-18/h3-11,14-15,24-25,31H,12-13,16H2,1-2H3;3-13,16,24,32H,14-15,17H2,1-2H3;2-11,14,23-24,31H,12-13,15H2,1H3;2-10,13-14,23-24,30-31H,11-12,15H2,1H3/t24-,25?;24-,26-;2*23-,24?/m0000/s1. The van der Waals surface area contributed by atoms with Crippen molar-refractivity contribution in [2.75, 3.05) is 98.1 Å². The second kappa shape index (κ2) is 42.9. The van der Waals surface area contributed by atoms with E-state index in [1.807, 2.05) is 229 Å². The number of rotatable bonds is 16. The molecule has 4 saturated heterocycles. The molecule has 0 aliphatic carbocycles. The van der Waals surface area contributed by atoms with Gasteiger partial charge in [-0.25, -0.2) is 4.39 Å². The zero-order chi connectivity index (χ0) is 91.4. The lowest BCUT2D eigenvalue weighted by Gasteiger charge is -2.45. The third-order valence-corrected chi connectivity index (χ3v) is 25.8. The number of aryl methyl sites for hydroxylation is 5. The number of amides is 4. The predicted octanol–water partition coefficient (Wildman–Crippen LogP) is 22.0. The molecule has 128 heavy (non-hydrogen) atoms. The third-order valence-electron chi connectivity index (χ3n) is 23.6. The van der Waals surface area contributed by atoms with Crippen molar-refractivity contribution < 1.29 is 49.1 Å². The van der Waals surface area contributed by atoms with Gasteiger partial charge in [-0.05, 0) is 218 Å². The highest BCUT2D eigenvalue weighted by Crippen LogP contribution is 2.43. The Bertz CT molecular complexity index is 5710. The van der Waals surface area contributed by atoms with Crippen LogP contribution in [-0.2, 0) is 24.8 Å². The summed E-state index contributed by atoms with van der Waals surface area (Å²) in [7, 11) is 0. The Kier molecular flexibility index (Phi) is 31.9. The highest BCUT2D eigenvalue weighted by molar-refractivity contribution is 6.35. The van der Waals surface area contributed by atoms with Gasteiger partial charge in [0.2, 0.25) is 0 Å². The molecular formula is C102H99Cl8FN8O9. The summed E-state index contributed by atoms with van der Waals surface area (Å²) < 4.78 is 14.1. The lowest BCUT2D eigenvalue weighted by molar-refractivity contribution is -0.151. The van der Waals surface area contributed by atoms with Crippen LogP contribution < -0.4 is 19.6 Å². The van der Waals surface area contributed by atoms with Crippen LogP contribution in [0.2, 0.25) is 40.2 Å². The van der Waals surface area contributed by atoms with Gasteiger partial charge in [-0.2, -0.15) is 0 Å².